The number of nitrogens with zero attached hydrogens (tertiary/aromatic N) is 3. The van der Waals surface area contributed by atoms with Gasteiger partial charge in [-0.2, -0.15) is 5.10 Å². The first-order valence-electron chi connectivity index (χ1n) is 10.3. The molecule has 7 heteroatoms. The SMILES string of the molecule is CCn1cc(C(=O)N[C@]2(C)CCOC3(CCN(CC=C(C)C)CC3)[C@H]2O)cn1. The summed E-state index contributed by atoms with van der Waals surface area (Å²) in [6, 6.07) is 0. The van der Waals surface area contributed by atoms with Crippen LogP contribution in [-0.4, -0.2) is 69.2 Å². The minimum Gasteiger partial charge on any atom is -0.388 e. The van der Waals surface area contributed by atoms with Crippen molar-refractivity contribution >= 4 is 5.91 Å². The first-order valence-corrected chi connectivity index (χ1v) is 10.3. The highest BCUT2D eigenvalue weighted by Gasteiger charge is 2.53. The van der Waals surface area contributed by atoms with E-state index in [0.29, 0.717) is 25.1 Å². The van der Waals surface area contributed by atoms with E-state index in [-0.39, 0.29) is 5.91 Å². The van der Waals surface area contributed by atoms with Crippen molar-refractivity contribution in [3.8, 4) is 0 Å². The monoisotopic (exact) mass is 390 g/mol. The number of aromatic nitrogens is 2. The number of piperidine rings is 1. The molecule has 2 aliphatic rings. The van der Waals surface area contributed by atoms with E-state index in [1.54, 1.807) is 17.1 Å². The van der Waals surface area contributed by atoms with Gasteiger partial charge in [0.1, 0.15) is 6.10 Å². The van der Waals surface area contributed by atoms with Gasteiger partial charge >= 0.3 is 0 Å². The quantitative estimate of drug-likeness (QED) is 0.752. The van der Waals surface area contributed by atoms with Gasteiger partial charge in [0.25, 0.3) is 5.91 Å². The summed E-state index contributed by atoms with van der Waals surface area (Å²) in [6.07, 6.45) is 6.92. The molecule has 0 bridgehead atoms. The second-order valence-electron chi connectivity index (χ2n) is 8.60. The minimum absolute atomic E-state index is 0.195. The number of aryl methyl sites for hydroxylation is 1. The van der Waals surface area contributed by atoms with Crippen molar-refractivity contribution in [1.29, 1.82) is 0 Å². The van der Waals surface area contributed by atoms with Gasteiger partial charge in [-0.3, -0.25) is 14.4 Å². The average Bonchev–Trinajstić information content (AvgIpc) is 3.15. The van der Waals surface area contributed by atoms with Crippen molar-refractivity contribution in [2.75, 3.05) is 26.2 Å². The van der Waals surface area contributed by atoms with Crippen molar-refractivity contribution in [2.45, 2.75) is 70.7 Å². The predicted molar refractivity (Wildman–Crippen MR) is 108 cm³/mol. The molecule has 2 fully saturated rings. The minimum atomic E-state index is -0.746. The normalized spacial score (nSPS) is 27.5. The van der Waals surface area contributed by atoms with E-state index in [1.807, 2.05) is 13.8 Å². The molecule has 0 unspecified atom stereocenters. The number of nitrogens with one attached hydrogen (secondary N) is 1. The molecule has 0 saturated carbocycles. The van der Waals surface area contributed by atoms with Crippen molar-refractivity contribution in [3.63, 3.8) is 0 Å². The maximum absolute atomic E-state index is 12.7. The second-order valence-corrected chi connectivity index (χ2v) is 8.60. The third kappa shape index (κ3) is 4.31. The summed E-state index contributed by atoms with van der Waals surface area (Å²) >= 11 is 0. The number of hydrogen-bond acceptors (Lipinski definition) is 5. The van der Waals surface area contributed by atoms with Crippen molar-refractivity contribution < 1.29 is 14.6 Å². The first kappa shape index (κ1) is 21.0. The number of hydrogen-bond donors (Lipinski definition) is 2. The topological polar surface area (TPSA) is 79.6 Å². The Balaban J connectivity index is 1.66. The Morgan fingerprint density at radius 2 is 2.11 bits per heavy atom. The van der Waals surface area contributed by atoms with E-state index in [0.717, 1.165) is 32.5 Å². The van der Waals surface area contributed by atoms with Gasteiger partial charge in [0.15, 0.2) is 0 Å². The van der Waals surface area contributed by atoms with E-state index in [1.165, 1.54) is 5.57 Å². The lowest BCUT2D eigenvalue weighted by Crippen LogP contribution is -2.69. The fraction of sp³-hybridized carbons (Fsp3) is 0.714. The molecule has 7 nitrogen and oxygen atoms in total. The van der Waals surface area contributed by atoms with Crippen LogP contribution in [0.3, 0.4) is 0 Å². The lowest BCUT2D eigenvalue weighted by Gasteiger charge is -2.53. The van der Waals surface area contributed by atoms with Crippen molar-refractivity contribution in [2.24, 2.45) is 0 Å². The summed E-state index contributed by atoms with van der Waals surface area (Å²) in [5.74, 6) is -0.195. The van der Waals surface area contributed by atoms with Crippen molar-refractivity contribution in [1.82, 2.24) is 20.0 Å². The van der Waals surface area contributed by atoms with Crippen LogP contribution in [0.25, 0.3) is 0 Å². The first-order chi connectivity index (χ1) is 13.3. The van der Waals surface area contributed by atoms with Gasteiger partial charge in [-0.25, -0.2) is 0 Å². The zero-order chi connectivity index (χ0) is 20.4. The number of rotatable bonds is 5. The van der Waals surface area contributed by atoms with Crippen LogP contribution in [0.5, 0.6) is 0 Å². The third-order valence-corrected chi connectivity index (χ3v) is 6.19. The second kappa shape index (κ2) is 8.35. The summed E-state index contributed by atoms with van der Waals surface area (Å²) in [5, 5.41) is 18.5. The molecule has 2 saturated heterocycles. The number of amides is 1. The zero-order valence-corrected chi connectivity index (χ0v) is 17.6. The molecule has 1 amide bonds. The van der Waals surface area contributed by atoms with Crippen LogP contribution in [0.1, 0.15) is 57.3 Å². The zero-order valence-electron chi connectivity index (χ0n) is 17.6. The molecule has 1 aromatic rings. The molecule has 0 aliphatic carbocycles. The molecule has 1 spiro atoms. The molecular formula is C21H34N4O3. The standard InChI is InChI=1S/C21H34N4O3/c1-5-25-15-17(14-22-25)18(26)23-20(4)9-13-28-21(19(20)27)7-11-24(12-8-21)10-6-16(2)3/h6,14-15,19,27H,5,7-13H2,1-4H3,(H,23,26)/t19-,20+/m0/s1. The van der Waals surface area contributed by atoms with Gasteiger partial charge in [-0.1, -0.05) is 11.6 Å². The maximum atomic E-state index is 12.7. The Morgan fingerprint density at radius 1 is 1.39 bits per heavy atom. The number of allylic oxidation sites excluding steroid dienone is 1. The molecular weight excluding hydrogens is 356 g/mol. The number of carbonyl (C=O) groups excluding carboxylic acids is 1. The van der Waals surface area contributed by atoms with Crippen LogP contribution in [-0.2, 0) is 11.3 Å². The molecule has 2 atom stereocenters. The summed E-state index contributed by atoms with van der Waals surface area (Å²) in [6.45, 7) is 12.1. The molecule has 3 heterocycles. The fourth-order valence-corrected chi connectivity index (χ4v) is 4.22. The van der Waals surface area contributed by atoms with E-state index < -0.39 is 17.2 Å². The predicted octanol–water partition coefficient (Wildman–Crippen LogP) is 1.97. The van der Waals surface area contributed by atoms with Gasteiger partial charge in [0.2, 0.25) is 0 Å². The third-order valence-electron chi connectivity index (χ3n) is 6.19. The summed E-state index contributed by atoms with van der Waals surface area (Å²) in [7, 11) is 0. The van der Waals surface area contributed by atoms with E-state index in [4.69, 9.17) is 4.74 Å². The van der Waals surface area contributed by atoms with Gasteiger partial charge < -0.3 is 15.2 Å². The molecule has 3 rings (SSSR count). The Kier molecular flexibility index (Phi) is 6.27. The van der Waals surface area contributed by atoms with Crippen molar-refractivity contribution in [3.05, 3.63) is 29.6 Å². The smallest absolute Gasteiger partial charge is 0.254 e. The molecule has 1 aromatic heterocycles. The van der Waals surface area contributed by atoms with Crippen LogP contribution < -0.4 is 5.32 Å². The van der Waals surface area contributed by atoms with Gasteiger partial charge in [0, 0.05) is 39.0 Å². The Morgan fingerprint density at radius 3 is 2.71 bits per heavy atom. The van der Waals surface area contributed by atoms with Crippen LogP contribution in [0.4, 0.5) is 0 Å². The number of aliphatic hydroxyl groups is 1. The molecule has 0 radical (unpaired) electrons. The van der Waals surface area contributed by atoms with Gasteiger partial charge in [0.05, 0.1) is 22.9 Å². The fourth-order valence-electron chi connectivity index (χ4n) is 4.22. The molecule has 0 aromatic carbocycles. The van der Waals surface area contributed by atoms with Crippen LogP contribution >= 0.6 is 0 Å². The lowest BCUT2D eigenvalue weighted by molar-refractivity contribution is -0.205. The highest BCUT2D eigenvalue weighted by atomic mass is 16.5. The lowest BCUT2D eigenvalue weighted by atomic mass is 9.73. The number of carbonyl (C=O) groups is 1. The highest BCUT2D eigenvalue weighted by molar-refractivity contribution is 5.94. The highest BCUT2D eigenvalue weighted by Crippen LogP contribution is 2.40. The van der Waals surface area contributed by atoms with E-state index >= 15 is 0 Å². The maximum Gasteiger partial charge on any atom is 0.254 e. The van der Waals surface area contributed by atoms with E-state index in [2.05, 4.69) is 35.2 Å². The summed E-state index contributed by atoms with van der Waals surface area (Å²) < 4.78 is 7.86. The summed E-state index contributed by atoms with van der Waals surface area (Å²) in [4.78, 5) is 15.1. The number of ether oxygens (including phenoxy) is 1. The Labute approximate surface area is 167 Å². The van der Waals surface area contributed by atoms with Gasteiger partial charge in [-0.05, 0) is 47.0 Å². The number of aliphatic hydroxyl groups excluding tert-OH is 1. The molecule has 28 heavy (non-hydrogen) atoms. The molecule has 2 aliphatic heterocycles. The Hall–Kier alpha value is -1.70. The van der Waals surface area contributed by atoms with Crippen LogP contribution in [0.15, 0.2) is 24.0 Å². The van der Waals surface area contributed by atoms with Crippen LogP contribution in [0, 0.1) is 0 Å². The largest absolute Gasteiger partial charge is 0.388 e. The Bertz CT molecular complexity index is 717. The van der Waals surface area contributed by atoms with Gasteiger partial charge in [-0.15, -0.1) is 0 Å². The summed E-state index contributed by atoms with van der Waals surface area (Å²) in [5.41, 5.74) is 0.532. The van der Waals surface area contributed by atoms with Crippen LogP contribution in [0.2, 0.25) is 0 Å². The average molecular weight is 391 g/mol. The molecule has 2 N–H and O–H groups in total. The number of likely N-dealkylation sites (tertiary alicyclic amines) is 1. The molecule has 156 valence electrons. The van der Waals surface area contributed by atoms with E-state index in [9.17, 15) is 9.90 Å².